The Morgan fingerprint density at radius 2 is 2.28 bits per heavy atom. The van der Waals surface area contributed by atoms with Crippen molar-refractivity contribution in [2.75, 3.05) is 5.73 Å². The maximum Gasteiger partial charge on any atom is 0.202 e. The highest BCUT2D eigenvalue weighted by Gasteiger charge is 2.15. The minimum atomic E-state index is 0.253. The Bertz CT molecular complexity index is 657. The van der Waals surface area contributed by atoms with Crippen LogP contribution in [0.1, 0.15) is 17.8 Å². The fourth-order valence-electron chi connectivity index (χ4n) is 2.19. The van der Waals surface area contributed by atoms with Gasteiger partial charge in [0.15, 0.2) is 5.65 Å². The van der Waals surface area contributed by atoms with Crippen LogP contribution in [-0.2, 0) is 6.42 Å². The molecule has 4 nitrogen and oxygen atoms in total. The van der Waals surface area contributed by atoms with Crippen LogP contribution in [-0.4, -0.2) is 14.5 Å². The van der Waals surface area contributed by atoms with Crippen molar-refractivity contribution in [3.8, 4) is 0 Å². The normalized spacial score (nSPS) is 12.9. The first-order chi connectivity index (χ1) is 8.75. The Labute approximate surface area is 109 Å². The standard InChI is InChI=1S/C13H14N4S/c1-9(8-10-4-3-7-18-10)17-12-11(16-13(17)14)5-2-6-15-12/h2-7,9H,8H2,1H3,(H2,14,16). The van der Waals surface area contributed by atoms with Gasteiger partial charge in [-0.2, -0.15) is 0 Å². The van der Waals surface area contributed by atoms with Gasteiger partial charge < -0.3 is 5.73 Å². The smallest absolute Gasteiger partial charge is 0.202 e. The largest absolute Gasteiger partial charge is 0.369 e. The summed E-state index contributed by atoms with van der Waals surface area (Å²) in [5.74, 6) is 0.535. The third-order valence-corrected chi connectivity index (χ3v) is 3.89. The molecule has 0 saturated heterocycles. The molecule has 2 N–H and O–H groups in total. The fourth-order valence-corrected chi connectivity index (χ4v) is 3.02. The second-order valence-corrected chi connectivity index (χ2v) is 5.35. The highest BCUT2D eigenvalue weighted by molar-refractivity contribution is 7.09. The number of rotatable bonds is 3. The van der Waals surface area contributed by atoms with Crippen LogP contribution in [0.4, 0.5) is 5.95 Å². The van der Waals surface area contributed by atoms with E-state index in [1.54, 1.807) is 17.5 Å². The average Bonchev–Trinajstić information content (AvgIpc) is 2.94. The lowest BCUT2D eigenvalue weighted by Gasteiger charge is -2.14. The van der Waals surface area contributed by atoms with Crippen molar-refractivity contribution in [3.63, 3.8) is 0 Å². The van der Waals surface area contributed by atoms with Crippen molar-refractivity contribution in [3.05, 3.63) is 40.7 Å². The van der Waals surface area contributed by atoms with Gasteiger partial charge in [0.2, 0.25) is 5.95 Å². The predicted molar refractivity (Wildman–Crippen MR) is 74.7 cm³/mol. The molecule has 3 rings (SSSR count). The van der Waals surface area contributed by atoms with Crippen LogP contribution in [0.3, 0.4) is 0 Å². The van der Waals surface area contributed by atoms with Crippen molar-refractivity contribution in [1.29, 1.82) is 0 Å². The van der Waals surface area contributed by atoms with E-state index in [9.17, 15) is 0 Å². The zero-order chi connectivity index (χ0) is 12.5. The number of hydrogen-bond acceptors (Lipinski definition) is 4. The van der Waals surface area contributed by atoms with Gasteiger partial charge in [0, 0.05) is 23.5 Å². The molecule has 0 fully saturated rings. The highest BCUT2D eigenvalue weighted by atomic mass is 32.1. The first-order valence-corrected chi connectivity index (χ1v) is 6.74. The van der Waals surface area contributed by atoms with E-state index in [1.165, 1.54) is 4.88 Å². The van der Waals surface area contributed by atoms with Gasteiger partial charge in [0.25, 0.3) is 0 Å². The van der Waals surface area contributed by atoms with Gasteiger partial charge in [-0.3, -0.25) is 4.57 Å². The molecule has 1 unspecified atom stereocenters. The lowest BCUT2D eigenvalue weighted by atomic mass is 10.2. The molecule has 0 spiro atoms. The Balaban J connectivity index is 2.00. The second kappa shape index (κ2) is 4.42. The third kappa shape index (κ3) is 1.86. The molecule has 0 bridgehead atoms. The minimum absolute atomic E-state index is 0.253. The van der Waals surface area contributed by atoms with Crippen molar-refractivity contribution in [2.24, 2.45) is 0 Å². The number of nitrogens with two attached hydrogens (primary N) is 1. The Kier molecular flexibility index (Phi) is 2.76. The zero-order valence-electron chi connectivity index (χ0n) is 10.1. The molecule has 18 heavy (non-hydrogen) atoms. The number of pyridine rings is 1. The molecule has 0 saturated carbocycles. The van der Waals surface area contributed by atoms with E-state index >= 15 is 0 Å². The number of fused-ring (bicyclic) bond motifs is 1. The Morgan fingerprint density at radius 1 is 1.39 bits per heavy atom. The molecule has 92 valence electrons. The lowest BCUT2D eigenvalue weighted by Crippen LogP contribution is -2.11. The van der Waals surface area contributed by atoms with Crippen LogP contribution >= 0.6 is 11.3 Å². The van der Waals surface area contributed by atoms with Gasteiger partial charge in [0.05, 0.1) is 0 Å². The molecule has 0 aliphatic heterocycles. The molecule has 3 aromatic rings. The number of nitrogen functional groups attached to an aromatic ring is 1. The molecule has 0 aliphatic rings. The van der Waals surface area contributed by atoms with Gasteiger partial charge in [-0.25, -0.2) is 9.97 Å². The zero-order valence-corrected chi connectivity index (χ0v) is 10.9. The number of thiophene rings is 1. The van der Waals surface area contributed by atoms with Crippen molar-refractivity contribution >= 4 is 28.4 Å². The van der Waals surface area contributed by atoms with E-state index in [4.69, 9.17) is 5.73 Å². The van der Waals surface area contributed by atoms with Gasteiger partial charge in [0.1, 0.15) is 5.52 Å². The molecule has 5 heteroatoms. The summed E-state index contributed by atoms with van der Waals surface area (Å²) >= 11 is 1.76. The molecule has 3 heterocycles. The molecule has 3 aromatic heterocycles. The van der Waals surface area contributed by atoms with E-state index < -0.39 is 0 Å². The summed E-state index contributed by atoms with van der Waals surface area (Å²) in [6, 6.07) is 8.28. The van der Waals surface area contributed by atoms with Crippen molar-refractivity contribution in [1.82, 2.24) is 14.5 Å². The predicted octanol–water partition coefficient (Wildman–Crippen LogP) is 2.88. The summed E-state index contributed by atoms with van der Waals surface area (Å²) in [5, 5.41) is 2.09. The molecule has 0 amide bonds. The first-order valence-electron chi connectivity index (χ1n) is 5.86. The molecule has 0 aromatic carbocycles. The minimum Gasteiger partial charge on any atom is -0.369 e. The van der Waals surface area contributed by atoms with E-state index in [0.29, 0.717) is 5.95 Å². The highest BCUT2D eigenvalue weighted by Crippen LogP contribution is 2.24. The second-order valence-electron chi connectivity index (χ2n) is 4.32. The molecular weight excluding hydrogens is 244 g/mol. The summed E-state index contributed by atoms with van der Waals surface area (Å²) in [7, 11) is 0. The van der Waals surface area contributed by atoms with Crippen molar-refractivity contribution < 1.29 is 0 Å². The molecule has 0 aliphatic carbocycles. The number of anilines is 1. The van der Waals surface area contributed by atoms with Crippen LogP contribution in [0.5, 0.6) is 0 Å². The third-order valence-electron chi connectivity index (χ3n) is 2.99. The molecule has 0 radical (unpaired) electrons. The summed E-state index contributed by atoms with van der Waals surface area (Å²) in [6.07, 6.45) is 2.72. The average molecular weight is 258 g/mol. The summed E-state index contributed by atoms with van der Waals surface area (Å²) in [5.41, 5.74) is 7.71. The SMILES string of the molecule is CC(Cc1cccs1)n1c(N)nc2cccnc21. The van der Waals surface area contributed by atoms with Crippen LogP contribution in [0.25, 0.3) is 11.2 Å². The summed E-state index contributed by atoms with van der Waals surface area (Å²) in [6.45, 7) is 2.14. The number of aromatic nitrogens is 3. The van der Waals surface area contributed by atoms with Crippen LogP contribution in [0.15, 0.2) is 35.8 Å². The van der Waals surface area contributed by atoms with Gasteiger partial charge in [-0.15, -0.1) is 11.3 Å². The van der Waals surface area contributed by atoms with Gasteiger partial charge in [-0.05, 0) is 30.5 Å². The fraction of sp³-hybridized carbons (Fsp3) is 0.231. The van der Waals surface area contributed by atoms with E-state index in [0.717, 1.165) is 17.6 Å². The maximum absolute atomic E-state index is 6.00. The van der Waals surface area contributed by atoms with Crippen LogP contribution < -0.4 is 5.73 Å². The Hall–Kier alpha value is -1.88. The van der Waals surface area contributed by atoms with E-state index in [1.807, 2.05) is 16.7 Å². The molecule has 1 atom stereocenters. The van der Waals surface area contributed by atoms with Crippen LogP contribution in [0.2, 0.25) is 0 Å². The van der Waals surface area contributed by atoms with Gasteiger partial charge in [-0.1, -0.05) is 6.07 Å². The first kappa shape index (κ1) is 11.2. The van der Waals surface area contributed by atoms with E-state index in [-0.39, 0.29) is 6.04 Å². The maximum atomic E-state index is 6.00. The molecular formula is C13H14N4S. The number of hydrogen-bond donors (Lipinski definition) is 1. The quantitative estimate of drug-likeness (QED) is 0.786. The Morgan fingerprint density at radius 3 is 3.06 bits per heavy atom. The van der Waals surface area contributed by atoms with Crippen LogP contribution in [0, 0.1) is 0 Å². The van der Waals surface area contributed by atoms with Crippen molar-refractivity contribution in [2.45, 2.75) is 19.4 Å². The van der Waals surface area contributed by atoms with E-state index in [2.05, 4.69) is 34.4 Å². The summed E-state index contributed by atoms with van der Waals surface area (Å²) < 4.78 is 2.01. The lowest BCUT2D eigenvalue weighted by molar-refractivity contribution is 0.567. The monoisotopic (exact) mass is 258 g/mol. The summed E-state index contributed by atoms with van der Waals surface area (Å²) in [4.78, 5) is 10.1. The number of nitrogens with zero attached hydrogens (tertiary/aromatic N) is 3. The number of imidazole rings is 1. The topological polar surface area (TPSA) is 56.7 Å². The van der Waals surface area contributed by atoms with Gasteiger partial charge >= 0.3 is 0 Å².